The van der Waals surface area contributed by atoms with Crippen LogP contribution >= 0.6 is 11.6 Å². The first kappa shape index (κ1) is 16.5. The number of esters is 1. The number of nitriles is 1. The first-order valence-corrected chi connectivity index (χ1v) is 8.28. The molecule has 0 saturated carbocycles. The summed E-state index contributed by atoms with van der Waals surface area (Å²) in [6.07, 6.45) is 0. The summed E-state index contributed by atoms with van der Waals surface area (Å²) in [4.78, 5) is 27.6. The van der Waals surface area contributed by atoms with E-state index in [9.17, 15) is 14.9 Å². The molecule has 0 fully saturated rings. The number of nitrogens with two attached hydrogens (primary N) is 1. The number of dihydropyridines is 1. The molecule has 0 saturated heterocycles. The minimum atomic E-state index is -1.67. The summed E-state index contributed by atoms with van der Waals surface area (Å²) in [7, 11) is 1.56. The molecule has 3 N–H and O–H groups in total. The zero-order valence-electron chi connectivity index (χ0n) is 14.3. The van der Waals surface area contributed by atoms with Gasteiger partial charge in [-0.15, -0.1) is 0 Å². The quantitative estimate of drug-likeness (QED) is 0.669. The van der Waals surface area contributed by atoms with Gasteiger partial charge in [0.15, 0.2) is 0 Å². The summed E-state index contributed by atoms with van der Waals surface area (Å²) in [5, 5.41) is 13.1. The van der Waals surface area contributed by atoms with Crippen molar-refractivity contribution in [2.75, 3.05) is 11.9 Å². The molecular weight excluding hydrogens is 356 g/mol. The predicted octanol–water partition coefficient (Wildman–Crippen LogP) is 1.44. The molecule has 1 atom stereocenters. The van der Waals surface area contributed by atoms with Crippen LogP contribution < -0.4 is 16.0 Å². The van der Waals surface area contributed by atoms with E-state index < -0.39 is 22.9 Å². The Morgan fingerprint density at radius 2 is 2.04 bits per heavy atom. The highest BCUT2D eigenvalue weighted by molar-refractivity contribution is 6.35. The van der Waals surface area contributed by atoms with Crippen molar-refractivity contribution < 1.29 is 14.3 Å². The van der Waals surface area contributed by atoms with E-state index in [4.69, 9.17) is 22.1 Å². The third-order valence-electron chi connectivity index (χ3n) is 5.15. The Bertz CT molecular complexity index is 1020. The van der Waals surface area contributed by atoms with Crippen LogP contribution in [0.15, 0.2) is 40.9 Å². The number of ether oxygens (including phenoxy) is 1. The number of anilines is 1. The molecule has 26 heavy (non-hydrogen) atoms. The lowest BCUT2D eigenvalue weighted by Crippen LogP contribution is -2.49. The SMILES string of the molecule is CN1C(=O)[C@@]2(C(C#N)=C(N)NC3=C2C(=O)OC3(C)C)c2cccc(Cl)c21. The minimum Gasteiger partial charge on any atom is -0.450 e. The molecule has 1 aromatic rings. The maximum absolute atomic E-state index is 13.5. The summed E-state index contributed by atoms with van der Waals surface area (Å²) >= 11 is 6.32. The molecule has 7 nitrogen and oxygen atoms in total. The van der Waals surface area contributed by atoms with E-state index in [1.807, 2.05) is 6.07 Å². The standard InChI is InChI=1S/C18H15ClN4O3/c1-17(2)13-11(15(24)26-17)18(9(7-20)14(21)22-13)8-5-4-6-10(19)12(8)23(3)16(18)25/h4-6,22H,21H2,1-3H3/t18-/m1/s1. The van der Waals surface area contributed by atoms with Crippen LogP contribution in [-0.4, -0.2) is 24.5 Å². The summed E-state index contributed by atoms with van der Waals surface area (Å²) in [6.45, 7) is 3.39. The van der Waals surface area contributed by atoms with Crippen LogP contribution in [0.1, 0.15) is 19.4 Å². The lowest BCUT2D eigenvalue weighted by molar-refractivity contribution is -0.145. The third-order valence-corrected chi connectivity index (χ3v) is 5.45. The van der Waals surface area contributed by atoms with Crippen LogP contribution in [0.3, 0.4) is 0 Å². The van der Waals surface area contributed by atoms with Crippen molar-refractivity contribution in [2.24, 2.45) is 5.73 Å². The zero-order chi connectivity index (χ0) is 19.0. The van der Waals surface area contributed by atoms with Gasteiger partial charge in [-0.3, -0.25) is 4.79 Å². The number of cyclic esters (lactones) is 1. The third kappa shape index (κ3) is 1.62. The Balaban J connectivity index is 2.19. The van der Waals surface area contributed by atoms with Crippen molar-refractivity contribution in [2.45, 2.75) is 24.9 Å². The van der Waals surface area contributed by atoms with E-state index in [1.165, 1.54) is 4.90 Å². The van der Waals surface area contributed by atoms with Crippen LogP contribution in [0, 0.1) is 11.3 Å². The van der Waals surface area contributed by atoms with E-state index in [1.54, 1.807) is 39.1 Å². The number of nitrogens with one attached hydrogen (secondary N) is 1. The highest BCUT2D eigenvalue weighted by Crippen LogP contribution is 2.57. The summed E-state index contributed by atoms with van der Waals surface area (Å²) in [6, 6.07) is 7.02. The lowest BCUT2D eigenvalue weighted by Gasteiger charge is -2.34. The van der Waals surface area contributed by atoms with Crippen molar-refractivity contribution in [1.82, 2.24) is 5.32 Å². The fourth-order valence-corrected chi connectivity index (χ4v) is 4.37. The number of benzene rings is 1. The molecule has 1 spiro atoms. The molecular formula is C18H15ClN4O3. The second kappa shape index (κ2) is 4.80. The fraction of sp³-hybridized carbons (Fsp3) is 0.278. The molecule has 4 rings (SSSR count). The number of halogens is 1. The van der Waals surface area contributed by atoms with E-state index in [-0.39, 0.29) is 17.0 Å². The van der Waals surface area contributed by atoms with Crippen molar-refractivity contribution in [1.29, 1.82) is 5.26 Å². The summed E-state index contributed by atoms with van der Waals surface area (Å²) < 4.78 is 5.48. The molecule has 0 radical (unpaired) electrons. The van der Waals surface area contributed by atoms with Gasteiger partial charge in [0, 0.05) is 12.6 Å². The average molecular weight is 371 g/mol. The number of fused-ring (bicyclic) bond motifs is 3. The van der Waals surface area contributed by atoms with Crippen LogP contribution in [0.4, 0.5) is 5.69 Å². The van der Waals surface area contributed by atoms with Gasteiger partial charge in [-0.1, -0.05) is 23.7 Å². The van der Waals surface area contributed by atoms with Crippen molar-refractivity contribution in [3.05, 3.63) is 51.4 Å². The van der Waals surface area contributed by atoms with Gasteiger partial charge in [-0.25, -0.2) is 4.79 Å². The van der Waals surface area contributed by atoms with Crippen LogP contribution in [0.2, 0.25) is 5.02 Å². The molecule has 0 aliphatic carbocycles. The first-order chi connectivity index (χ1) is 12.2. The Morgan fingerprint density at radius 1 is 1.35 bits per heavy atom. The van der Waals surface area contributed by atoms with Gasteiger partial charge in [-0.05, 0) is 19.9 Å². The maximum Gasteiger partial charge on any atom is 0.338 e. The van der Waals surface area contributed by atoms with E-state index in [2.05, 4.69) is 5.32 Å². The topological polar surface area (TPSA) is 108 Å². The second-order valence-corrected chi connectivity index (χ2v) is 7.33. The van der Waals surface area contributed by atoms with Crippen molar-refractivity contribution in [3.63, 3.8) is 0 Å². The number of hydrogen-bond donors (Lipinski definition) is 2. The zero-order valence-corrected chi connectivity index (χ0v) is 15.1. The van der Waals surface area contributed by atoms with Gasteiger partial charge in [0.05, 0.1) is 27.6 Å². The monoisotopic (exact) mass is 370 g/mol. The van der Waals surface area contributed by atoms with E-state index >= 15 is 0 Å². The Hall–Kier alpha value is -2.98. The van der Waals surface area contributed by atoms with Crippen LogP contribution in [0.25, 0.3) is 0 Å². The van der Waals surface area contributed by atoms with Gasteiger partial charge in [-0.2, -0.15) is 5.26 Å². The molecule has 8 heteroatoms. The predicted molar refractivity (Wildman–Crippen MR) is 93.7 cm³/mol. The number of nitrogens with zero attached hydrogens (tertiary/aromatic N) is 2. The molecule has 0 aromatic heterocycles. The molecule has 0 bridgehead atoms. The fourth-order valence-electron chi connectivity index (χ4n) is 4.07. The van der Waals surface area contributed by atoms with Gasteiger partial charge in [0.2, 0.25) is 5.91 Å². The molecule has 1 aromatic carbocycles. The number of likely N-dealkylation sites (N-methyl/N-ethyl adjacent to an activating group) is 1. The Kier molecular flexibility index (Phi) is 3.04. The molecule has 3 aliphatic heterocycles. The number of carbonyl (C=O) groups excluding carboxylic acids is 2. The van der Waals surface area contributed by atoms with Gasteiger partial charge >= 0.3 is 5.97 Å². The number of carbonyl (C=O) groups is 2. The molecule has 132 valence electrons. The van der Waals surface area contributed by atoms with Crippen LogP contribution in [-0.2, 0) is 19.7 Å². The summed E-state index contributed by atoms with van der Waals surface area (Å²) in [5.41, 5.74) is 4.76. The largest absolute Gasteiger partial charge is 0.450 e. The molecule has 1 amide bonds. The number of rotatable bonds is 0. The molecule has 3 heterocycles. The summed E-state index contributed by atoms with van der Waals surface area (Å²) in [5.74, 6) is -1.11. The van der Waals surface area contributed by atoms with Gasteiger partial charge < -0.3 is 20.7 Å². The number of hydrogen-bond acceptors (Lipinski definition) is 6. The van der Waals surface area contributed by atoms with E-state index in [0.717, 1.165) is 0 Å². The van der Waals surface area contributed by atoms with Crippen molar-refractivity contribution >= 4 is 29.2 Å². The minimum absolute atomic E-state index is 0.0206. The average Bonchev–Trinajstić information content (AvgIpc) is 2.92. The van der Waals surface area contributed by atoms with Gasteiger partial charge in [0.25, 0.3) is 0 Å². The number of para-hydroxylation sites is 1. The highest BCUT2D eigenvalue weighted by Gasteiger charge is 2.64. The highest BCUT2D eigenvalue weighted by atomic mass is 35.5. The Labute approximate surface area is 154 Å². The number of amides is 1. The van der Waals surface area contributed by atoms with Gasteiger partial charge in [0.1, 0.15) is 22.9 Å². The van der Waals surface area contributed by atoms with E-state index in [0.29, 0.717) is 22.0 Å². The lowest BCUT2D eigenvalue weighted by atomic mass is 9.67. The smallest absolute Gasteiger partial charge is 0.338 e. The normalized spacial score (nSPS) is 25.9. The Morgan fingerprint density at radius 3 is 2.69 bits per heavy atom. The first-order valence-electron chi connectivity index (χ1n) is 7.91. The maximum atomic E-state index is 13.5. The molecule has 3 aliphatic rings. The van der Waals surface area contributed by atoms with Crippen molar-refractivity contribution in [3.8, 4) is 6.07 Å². The molecule has 0 unspecified atom stereocenters. The second-order valence-electron chi connectivity index (χ2n) is 6.93. The van der Waals surface area contributed by atoms with Crippen LogP contribution in [0.5, 0.6) is 0 Å².